The van der Waals surface area contributed by atoms with Crippen LogP contribution in [0.4, 0.5) is 4.39 Å². The van der Waals surface area contributed by atoms with Crippen LogP contribution >= 0.6 is 0 Å². The van der Waals surface area contributed by atoms with Gasteiger partial charge in [-0.3, -0.25) is 9.59 Å². The number of halogens is 1. The molecule has 0 saturated heterocycles. The molecule has 0 atom stereocenters. The van der Waals surface area contributed by atoms with Crippen LogP contribution in [0.1, 0.15) is 66.2 Å². The van der Waals surface area contributed by atoms with Gasteiger partial charge in [-0.15, -0.1) is 0 Å². The molecule has 1 heterocycles. The highest BCUT2D eigenvalue weighted by molar-refractivity contribution is 5.93. The maximum Gasteiger partial charge on any atom is 0.263 e. The fourth-order valence-corrected chi connectivity index (χ4v) is 3.92. The Hall–Kier alpha value is -2.50. The summed E-state index contributed by atoms with van der Waals surface area (Å²) in [7, 11) is 0. The average molecular weight is 355 g/mol. The average Bonchev–Trinajstić information content (AvgIpc) is 3.38. The van der Waals surface area contributed by atoms with Crippen LogP contribution in [0.25, 0.3) is 0 Å². The van der Waals surface area contributed by atoms with Gasteiger partial charge in [-0.25, -0.2) is 9.37 Å². The number of carbonyl (C=O) groups is 1. The van der Waals surface area contributed by atoms with E-state index in [2.05, 4.69) is 15.3 Å². The number of rotatable bonds is 5. The summed E-state index contributed by atoms with van der Waals surface area (Å²) in [6.07, 6.45) is 7.31. The van der Waals surface area contributed by atoms with E-state index in [9.17, 15) is 14.0 Å². The molecule has 136 valence electrons. The van der Waals surface area contributed by atoms with Gasteiger partial charge in [0.15, 0.2) is 0 Å². The maximum absolute atomic E-state index is 13.7. The molecule has 0 unspecified atom stereocenters. The quantitative estimate of drug-likeness (QED) is 0.866. The molecule has 2 aliphatic carbocycles. The number of nitrogens with zero attached hydrogens (tertiary/aromatic N) is 1. The molecule has 1 aromatic heterocycles. The van der Waals surface area contributed by atoms with Gasteiger partial charge in [0.1, 0.15) is 17.2 Å². The van der Waals surface area contributed by atoms with Crippen molar-refractivity contribution in [2.75, 3.05) is 6.54 Å². The molecule has 4 rings (SSSR count). The molecule has 0 bridgehead atoms. The van der Waals surface area contributed by atoms with Crippen LogP contribution in [0.2, 0.25) is 0 Å². The van der Waals surface area contributed by atoms with Crippen LogP contribution in [0.5, 0.6) is 0 Å². The monoisotopic (exact) mass is 355 g/mol. The highest BCUT2D eigenvalue weighted by Crippen LogP contribution is 2.41. The lowest BCUT2D eigenvalue weighted by atomic mass is 9.78. The molecule has 2 aliphatic rings. The summed E-state index contributed by atoms with van der Waals surface area (Å²) >= 11 is 0. The third-order valence-corrected chi connectivity index (χ3v) is 5.61. The first-order valence-corrected chi connectivity index (χ1v) is 9.21. The molecule has 1 amide bonds. The molecule has 2 N–H and O–H groups in total. The molecule has 2 saturated carbocycles. The standard InChI is InChI=1S/C20H22FN3O2/c21-15-5-3-4-14(10-15)20(8-1-2-9-20)12-23-18(25)16-11-22-17(13-6-7-13)24-19(16)26/h3-5,10-11,13H,1-2,6-9,12H2,(H,23,25)(H,22,24,26). The van der Waals surface area contributed by atoms with Gasteiger partial charge < -0.3 is 10.3 Å². The summed E-state index contributed by atoms with van der Waals surface area (Å²) in [4.78, 5) is 31.7. The van der Waals surface area contributed by atoms with E-state index in [1.165, 1.54) is 12.3 Å². The Morgan fingerprint density at radius 1 is 1.31 bits per heavy atom. The van der Waals surface area contributed by atoms with Crippen LogP contribution in [-0.4, -0.2) is 22.4 Å². The van der Waals surface area contributed by atoms with E-state index in [0.29, 0.717) is 18.3 Å². The van der Waals surface area contributed by atoms with Crippen molar-refractivity contribution in [3.05, 3.63) is 63.6 Å². The normalized spacial score (nSPS) is 18.7. The second-order valence-corrected chi connectivity index (χ2v) is 7.47. The van der Waals surface area contributed by atoms with Gasteiger partial charge in [0.25, 0.3) is 11.5 Å². The number of nitrogens with one attached hydrogen (secondary N) is 2. The van der Waals surface area contributed by atoms with Gasteiger partial charge in [-0.1, -0.05) is 25.0 Å². The summed E-state index contributed by atoms with van der Waals surface area (Å²) in [5.74, 6) is 0.299. The van der Waals surface area contributed by atoms with Crippen molar-refractivity contribution in [2.45, 2.75) is 49.9 Å². The van der Waals surface area contributed by atoms with E-state index in [4.69, 9.17) is 0 Å². The topological polar surface area (TPSA) is 74.8 Å². The van der Waals surface area contributed by atoms with Crippen molar-refractivity contribution < 1.29 is 9.18 Å². The number of H-pyrrole nitrogens is 1. The second-order valence-electron chi connectivity index (χ2n) is 7.47. The zero-order chi connectivity index (χ0) is 18.1. The van der Waals surface area contributed by atoms with Gasteiger partial charge in [0, 0.05) is 24.1 Å². The molecule has 2 aromatic rings. The van der Waals surface area contributed by atoms with E-state index >= 15 is 0 Å². The van der Waals surface area contributed by atoms with Crippen LogP contribution in [0, 0.1) is 5.82 Å². The van der Waals surface area contributed by atoms with Crippen molar-refractivity contribution in [2.24, 2.45) is 0 Å². The van der Waals surface area contributed by atoms with Gasteiger partial charge in [-0.05, 0) is 43.4 Å². The van der Waals surface area contributed by atoms with Crippen molar-refractivity contribution in [1.82, 2.24) is 15.3 Å². The molecule has 1 aromatic carbocycles. The van der Waals surface area contributed by atoms with Crippen LogP contribution in [0.3, 0.4) is 0 Å². The maximum atomic E-state index is 13.7. The largest absolute Gasteiger partial charge is 0.351 e. The molecule has 6 heteroatoms. The fourth-order valence-electron chi connectivity index (χ4n) is 3.92. The summed E-state index contributed by atoms with van der Waals surface area (Å²) in [6.45, 7) is 0.388. The third kappa shape index (κ3) is 3.28. The molecule has 0 aliphatic heterocycles. The lowest BCUT2D eigenvalue weighted by Crippen LogP contribution is -2.40. The Bertz CT molecular complexity index is 883. The van der Waals surface area contributed by atoms with Crippen molar-refractivity contribution in [1.29, 1.82) is 0 Å². The smallest absolute Gasteiger partial charge is 0.263 e. The van der Waals surface area contributed by atoms with Crippen LogP contribution < -0.4 is 10.9 Å². The molecular formula is C20H22FN3O2. The number of amides is 1. The molecule has 5 nitrogen and oxygen atoms in total. The Morgan fingerprint density at radius 2 is 2.08 bits per heavy atom. The first-order valence-electron chi connectivity index (χ1n) is 9.21. The first-order chi connectivity index (χ1) is 12.6. The summed E-state index contributed by atoms with van der Waals surface area (Å²) in [6, 6.07) is 6.60. The number of carbonyl (C=O) groups excluding carboxylic acids is 1. The van der Waals surface area contributed by atoms with E-state index in [-0.39, 0.29) is 16.8 Å². The second kappa shape index (κ2) is 6.67. The minimum absolute atomic E-state index is 0.0294. The van der Waals surface area contributed by atoms with Crippen molar-refractivity contribution >= 4 is 5.91 Å². The molecule has 0 radical (unpaired) electrons. The SMILES string of the molecule is O=C(NCC1(c2cccc(F)c2)CCCC1)c1cnc(C2CC2)[nH]c1=O. The predicted molar refractivity (Wildman–Crippen MR) is 95.7 cm³/mol. The highest BCUT2D eigenvalue weighted by atomic mass is 19.1. The van der Waals surface area contributed by atoms with Crippen LogP contribution in [-0.2, 0) is 5.41 Å². The minimum atomic E-state index is -0.427. The summed E-state index contributed by atoms with van der Waals surface area (Å²) in [5, 5.41) is 2.88. The summed E-state index contributed by atoms with van der Waals surface area (Å²) in [5.41, 5.74) is 0.269. The number of aromatic amines is 1. The Balaban J connectivity index is 1.51. The van der Waals surface area contributed by atoms with E-state index < -0.39 is 11.5 Å². The summed E-state index contributed by atoms with van der Waals surface area (Å²) < 4.78 is 13.7. The predicted octanol–water partition coefficient (Wildman–Crippen LogP) is 3.03. The Labute approximate surface area is 151 Å². The Kier molecular flexibility index (Phi) is 4.34. The lowest BCUT2D eigenvalue weighted by molar-refractivity contribution is 0.0941. The number of aromatic nitrogens is 2. The van der Waals surface area contributed by atoms with E-state index in [1.807, 2.05) is 6.07 Å². The fraction of sp³-hybridized carbons (Fsp3) is 0.450. The third-order valence-electron chi connectivity index (χ3n) is 5.61. The van der Waals surface area contributed by atoms with Gasteiger partial charge in [0.2, 0.25) is 0 Å². The van der Waals surface area contributed by atoms with Gasteiger partial charge in [-0.2, -0.15) is 0 Å². The minimum Gasteiger partial charge on any atom is -0.351 e. The van der Waals surface area contributed by atoms with Crippen LogP contribution in [0.15, 0.2) is 35.3 Å². The van der Waals surface area contributed by atoms with E-state index in [0.717, 1.165) is 44.1 Å². The Morgan fingerprint density at radius 3 is 2.73 bits per heavy atom. The zero-order valence-electron chi connectivity index (χ0n) is 14.6. The molecule has 0 spiro atoms. The molecule has 26 heavy (non-hydrogen) atoms. The highest BCUT2D eigenvalue weighted by Gasteiger charge is 2.36. The number of hydrogen-bond donors (Lipinski definition) is 2. The number of benzene rings is 1. The lowest BCUT2D eigenvalue weighted by Gasteiger charge is -2.30. The molecular weight excluding hydrogens is 333 g/mol. The van der Waals surface area contributed by atoms with Crippen molar-refractivity contribution in [3.8, 4) is 0 Å². The van der Waals surface area contributed by atoms with Gasteiger partial charge in [0.05, 0.1) is 0 Å². The number of hydrogen-bond acceptors (Lipinski definition) is 3. The molecule has 2 fully saturated rings. The van der Waals surface area contributed by atoms with Gasteiger partial charge >= 0.3 is 0 Å². The first kappa shape index (κ1) is 16.9. The van der Waals surface area contributed by atoms with Crippen molar-refractivity contribution in [3.63, 3.8) is 0 Å². The van der Waals surface area contributed by atoms with E-state index in [1.54, 1.807) is 12.1 Å². The zero-order valence-corrected chi connectivity index (χ0v) is 14.6.